The highest BCUT2D eigenvalue weighted by molar-refractivity contribution is 5.95. The monoisotopic (exact) mass is 348 g/mol. The number of nitrogens with two attached hydrogens (primary N) is 1. The smallest absolute Gasteiger partial charge is 0.254 e. The van der Waals surface area contributed by atoms with Crippen LogP contribution in [0.5, 0.6) is 11.5 Å². The minimum absolute atomic E-state index is 0.0609. The molecule has 0 radical (unpaired) electrons. The Hall–Kier alpha value is -1.79. The highest BCUT2D eigenvalue weighted by atomic mass is 16.5. The molecule has 2 heterocycles. The van der Waals surface area contributed by atoms with Crippen LogP contribution in [0.3, 0.4) is 0 Å². The van der Waals surface area contributed by atoms with Gasteiger partial charge in [0.1, 0.15) is 6.61 Å². The molecule has 2 N–H and O–H groups in total. The molecule has 25 heavy (non-hydrogen) atoms. The number of methoxy groups -OCH3 is 1. The Balaban J connectivity index is 1.75. The van der Waals surface area contributed by atoms with Gasteiger partial charge in [-0.15, -0.1) is 0 Å². The standard InChI is InChI=1S/C19H28N2O4/c1-23-16-4-3-15(13-17(16)25-12-8-20)18(22)21-9-2-5-19(14-21)6-10-24-11-7-19/h3-4,13H,2,5-12,14,20H2,1H3. The number of hydrogen-bond acceptors (Lipinski definition) is 5. The largest absolute Gasteiger partial charge is 0.493 e. The predicted octanol–water partition coefficient (Wildman–Crippen LogP) is 2.07. The summed E-state index contributed by atoms with van der Waals surface area (Å²) in [6.45, 7) is 4.05. The summed E-state index contributed by atoms with van der Waals surface area (Å²) in [5.74, 6) is 1.24. The number of carbonyl (C=O) groups is 1. The average Bonchev–Trinajstić information content (AvgIpc) is 2.66. The summed E-state index contributed by atoms with van der Waals surface area (Å²) in [5, 5.41) is 0. The van der Waals surface area contributed by atoms with Crippen LogP contribution < -0.4 is 15.2 Å². The van der Waals surface area contributed by atoms with Crippen LogP contribution in [0.2, 0.25) is 0 Å². The number of rotatable bonds is 5. The summed E-state index contributed by atoms with van der Waals surface area (Å²) < 4.78 is 16.4. The van der Waals surface area contributed by atoms with E-state index in [4.69, 9.17) is 19.9 Å². The molecule has 1 amide bonds. The maximum absolute atomic E-state index is 13.0. The van der Waals surface area contributed by atoms with Crippen LogP contribution in [0.25, 0.3) is 0 Å². The minimum Gasteiger partial charge on any atom is -0.493 e. The predicted molar refractivity (Wildman–Crippen MR) is 95.2 cm³/mol. The van der Waals surface area contributed by atoms with Crippen molar-refractivity contribution in [3.63, 3.8) is 0 Å². The first-order valence-electron chi connectivity index (χ1n) is 9.05. The lowest BCUT2D eigenvalue weighted by molar-refractivity contribution is -0.0229. The average molecular weight is 348 g/mol. The van der Waals surface area contributed by atoms with Crippen molar-refractivity contribution in [3.05, 3.63) is 23.8 Å². The molecule has 2 aliphatic rings. The second-order valence-electron chi connectivity index (χ2n) is 6.95. The van der Waals surface area contributed by atoms with Gasteiger partial charge in [-0.25, -0.2) is 0 Å². The second kappa shape index (κ2) is 8.06. The third kappa shape index (κ3) is 4.07. The zero-order chi connectivity index (χ0) is 17.7. The van der Waals surface area contributed by atoms with Crippen molar-refractivity contribution in [2.45, 2.75) is 25.7 Å². The summed E-state index contributed by atoms with van der Waals surface area (Å²) >= 11 is 0. The van der Waals surface area contributed by atoms with E-state index in [0.29, 0.717) is 30.2 Å². The van der Waals surface area contributed by atoms with Gasteiger partial charge in [-0.2, -0.15) is 0 Å². The molecule has 0 aliphatic carbocycles. The number of carbonyl (C=O) groups excluding carboxylic acids is 1. The zero-order valence-corrected chi connectivity index (χ0v) is 15.0. The Morgan fingerprint density at radius 3 is 2.80 bits per heavy atom. The molecule has 2 aliphatic heterocycles. The SMILES string of the molecule is COc1ccc(C(=O)N2CCCC3(CCOCC3)C2)cc1OCCN. The maximum atomic E-state index is 13.0. The summed E-state index contributed by atoms with van der Waals surface area (Å²) in [6.07, 6.45) is 4.33. The number of nitrogens with zero attached hydrogens (tertiary/aromatic N) is 1. The van der Waals surface area contributed by atoms with Crippen LogP contribution in [0, 0.1) is 5.41 Å². The van der Waals surface area contributed by atoms with Crippen molar-refractivity contribution < 1.29 is 19.0 Å². The molecule has 1 aromatic rings. The van der Waals surface area contributed by atoms with Gasteiger partial charge in [0.05, 0.1) is 7.11 Å². The Labute approximate surface area is 149 Å². The van der Waals surface area contributed by atoms with Gasteiger partial charge in [0.15, 0.2) is 11.5 Å². The molecular formula is C19H28N2O4. The molecule has 6 heteroatoms. The number of piperidine rings is 1. The summed E-state index contributed by atoms with van der Waals surface area (Å²) in [5.41, 5.74) is 6.38. The fourth-order valence-corrected chi connectivity index (χ4v) is 3.87. The van der Waals surface area contributed by atoms with Crippen molar-refractivity contribution in [2.24, 2.45) is 11.1 Å². The zero-order valence-electron chi connectivity index (χ0n) is 15.0. The van der Waals surface area contributed by atoms with Crippen molar-refractivity contribution >= 4 is 5.91 Å². The van der Waals surface area contributed by atoms with Crippen LogP contribution >= 0.6 is 0 Å². The molecule has 138 valence electrons. The van der Waals surface area contributed by atoms with Crippen molar-refractivity contribution in [3.8, 4) is 11.5 Å². The van der Waals surface area contributed by atoms with Crippen molar-refractivity contribution in [1.29, 1.82) is 0 Å². The third-order valence-corrected chi connectivity index (χ3v) is 5.29. The van der Waals surface area contributed by atoms with Gasteiger partial charge >= 0.3 is 0 Å². The number of ether oxygens (including phenoxy) is 3. The summed E-state index contributed by atoms with van der Waals surface area (Å²) in [6, 6.07) is 5.36. The first-order valence-corrected chi connectivity index (χ1v) is 9.05. The van der Waals surface area contributed by atoms with Crippen molar-refractivity contribution in [1.82, 2.24) is 4.90 Å². The molecule has 0 saturated carbocycles. The number of likely N-dealkylation sites (tertiary alicyclic amines) is 1. The minimum atomic E-state index is 0.0609. The van der Waals surface area contributed by atoms with Crippen LogP contribution in [-0.2, 0) is 4.74 Å². The highest BCUT2D eigenvalue weighted by Gasteiger charge is 2.38. The van der Waals surface area contributed by atoms with Crippen LogP contribution in [0.4, 0.5) is 0 Å². The van der Waals surface area contributed by atoms with E-state index < -0.39 is 0 Å². The van der Waals surface area contributed by atoms with E-state index >= 15 is 0 Å². The summed E-state index contributed by atoms with van der Waals surface area (Å²) in [4.78, 5) is 15.0. The Kier molecular flexibility index (Phi) is 5.81. The molecular weight excluding hydrogens is 320 g/mol. The van der Waals surface area contributed by atoms with E-state index in [2.05, 4.69) is 0 Å². The van der Waals surface area contributed by atoms with Gasteiger partial charge in [0.25, 0.3) is 5.91 Å². The van der Waals surface area contributed by atoms with E-state index in [1.165, 1.54) is 6.42 Å². The first-order chi connectivity index (χ1) is 12.2. The summed E-state index contributed by atoms with van der Waals surface area (Å²) in [7, 11) is 1.59. The molecule has 0 bridgehead atoms. The normalized spacial score (nSPS) is 19.7. The van der Waals surface area contributed by atoms with E-state index in [0.717, 1.165) is 45.6 Å². The van der Waals surface area contributed by atoms with Gasteiger partial charge < -0.3 is 24.8 Å². The quantitative estimate of drug-likeness (QED) is 0.882. The van der Waals surface area contributed by atoms with E-state index in [1.807, 2.05) is 11.0 Å². The molecule has 0 atom stereocenters. The third-order valence-electron chi connectivity index (χ3n) is 5.29. The Morgan fingerprint density at radius 2 is 2.08 bits per heavy atom. The van der Waals surface area contributed by atoms with E-state index in [-0.39, 0.29) is 11.3 Å². The van der Waals surface area contributed by atoms with Gasteiger partial charge in [0, 0.05) is 38.4 Å². The lowest BCUT2D eigenvalue weighted by atomic mass is 9.74. The molecule has 0 aromatic heterocycles. The fraction of sp³-hybridized carbons (Fsp3) is 0.632. The lowest BCUT2D eigenvalue weighted by Gasteiger charge is -2.45. The topological polar surface area (TPSA) is 74.0 Å². The molecule has 1 aromatic carbocycles. The van der Waals surface area contributed by atoms with Crippen LogP contribution in [0.15, 0.2) is 18.2 Å². The number of amides is 1. The van der Waals surface area contributed by atoms with Crippen molar-refractivity contribution in [2.75, 3.05) is 46.6 Å². The van der Waals surface area contributed by atoms with Crippen LogP contribution in [-0.4, -0.2) is 57.4 Å². The highest BCUT2D eigenvalue weighted by Crippen LogP contribution is 2.39. The first kappa shape index (κ1) is 18.0. The number of benzene rings is 1. The molecule has 2 fully saturated rings. The second-order valence-corrected chi connectivity index (χ2v) is 6.95. The van der Waals surface area contributed by atoms with Gasteiger partial charge in [-0.05, 0) is 49.3 Å². The van der Waals surface area contributed by atoms with E-state index in [1.54, 1.807) is 19.2 Å². The molecule has 2 saturated heterocycles. The maximum Gasteiger partial charge on any atom is 0.254 e. The van der Waals surface area contributed by atoms with E-state index in [9.17, 15) is 4.79 Å². The fourth-order valence-electron chi connectivity index (χ4n) is 3.87. The molecule has 1 spiro atoms. The molecule has 3 rings (SSSR count). The van der Waals surface area contributed by atoms with Gasteiger partial charge in [-0.3, -0.25) is 4.79 Å². The molecule has 6 nitrogen and oxygen atoms in total. The lowest BCUT2D eigenvalue weighted by Crippen LogP contribution is -2.48. The number of hydrogen-bond donors (Lipinski definition) is 1. The van der Waals surface area contributed by atoms with Crippen LogP contribution in [0.1, 0.15) is 36.0 Å². The molecule has 0 unspecified atom stereocenters. The Morgan fingerprint density at radius 1 is 1.28 bits per heavy atom. The van der Waals surface area contributed by atoms with Gasteiger partial charge in [0.2, 0.25) is 0 Å². The van der Waals surface area contributed by atoms with Gasteiger partial charge in [-0.1, -0.05) is 0 Å². The Bertz CT molecular complexity index is 594.